The number of hydrogen-bond donors (Lipinski definition) is 3. The molecular weight excluding hydrogens is 543 g/mol. The van der Waals surface area contributed by atoms with Gasteiger partial charge >= 0.3 is 12.1 Å². The van der Waals surface area contributed by atoms with Crippen LogP contribution in [0.25, 0.3) is 27.7 Å². The Hall–Kier alpha value is -4.21. The lowest BCUT2D eigenvalue weighted by atomic mass is 9.97. The van der Waals surface area contributed by atoms with E-state index in [1.54, 1.807) is 17.5 Å². The van der Waals surface area contributed by atoms with E-state index >= 15 is 0 Å². The predicted molar refractivity (Wildman–Crippen MR) is 152 cm³/mol. The number of aromatic hydroxyl groups is 1. The van der Waals surface area contributed by atoms with Gasteiger partial charge in [0.1, 0.15) is 10.7 Å². The molecule has 0 atom stereocenters. The largest absolute Gasteiger partial charge is 0.506 e. The molecule has 0 aliphatic heterocycles. The molecule has 9 heteroatoms. The lowest BCUT2D eigenvalue weighted by molar-refractivity contribution is -0.137. The summed E-state index contributed by atoms with van der Waals surface area (Å²) in [5, 5.41) is 27.0. The molecule has 0 saturated heterocycles. The summed E-state index contributed by atoms with van der Waals surface area (Å²) in [6.07, 6.45) is -2.53. The van der Waals surface area contributed by atoms with Gasteiger partial charge in [0.05, 0.1) is 16.0 Å². The van der Waals surface area contributed by atoms with E-state index in [2.05, 4.69) is 5.32 Å². The Balaban J connectivity index is 1.56. The Morgan fingerprint density at radius 3 is 2.41 bits per heavy atom. The number of nitrogens with one attached hydrogen (secondary N) is 1. The van der Waals surface area contributed by atoms with Crippen LogP contribution in [-0.2, 0) is 6.18 Å². The van der Waals surface area contributed by atoms with E-state index < -0.39 is 17.7 Å². The van der Waals surface area contributed by atoms with Crippen LogP contribution < -0.4 is 15.8 Å². The highest BCUT2D eigenvalue weighted by Gasteiger charge is 2.31. The number of anilines is 1. The molecule has 39 heavy (non-hydrogen) atoms. The number of carboxylic acids is 1. The van der Waals surface area contributed by atoms with Crippen LogP contribution in [0.3, 0.4) is 0 Å². The fraction of sp³-hybridized carbons (Fsp3) is 0.0667. The minimum absolute atomic E-state index is 0.101. The Labute approximate surface area is 230 Å². The van der Waals surface area contributed by atoms with Crippen LogP contribution in [0.1, 0.15) is 28.4 Å². The summed E-state index contributed by atoms with van der Waals surface area (Å²) < 4.78 is 39.8. The second-order valence-corrected chi connectivity index (χ2v) is 10.2. The number of benzene rings is 3. The van der Waals surface area contributed by atoms with Crippen molar-refractivity contribution in [3.63, 3.8) is 0 Å². The topological polar surface area (TPSA) is 69.6 Å². The van der Waals surface area contributed by atoms with Crippen molar-refractivity contribution >= 4 is 57.4 Å². The van der Waals surface area contributed by atoms with Crippen LogP contribution in [0, 0.1) is 0 Å². The third kappa shape index (κ3) is 5.10. The first-order valence-corrected chi connectivity index (χ1v) is 13.0. The van der Waals surface area contributed by atoms with Gasteiger partial charge in [0.2, 0.25) is 0 Å². The van der Waals surface area contributed by atoms with E-state index in [0.29, 0.717) is 26.7 Å². The van der Waals surface area contributed by atoms with Crippen molar-refractivity contribution < 1.29 is 28.2 Å². The molecule has 4 nitrogen and oxygen atoms in total. The van der Waals surface area contributed by atoms with Crippen LogP contribution in [-0.4, -0.2) is 21.2 Å². The average molecular weight is 564 g/mol. The number of allylic oxidation sites excluding steroid dienone is 1. The summed E-state index contributed by atoms with van der Waals surface area (Å²) >= 11 is 6.95. The van der Waals surface area contributed by atoms with Crippen molar-refractivity contribution in [2.75, 3.05) is 5.32 Å². The first-order chi connectivity index (χ1) is 18.5. The average Bonchev–Trinajstić information content (AvgIpc) is 3.49. The summed E-state index contributed by atoms with van der Waals surface area (Å²) in [4.78, 5) is 11.9. The van der Waals surface area contributed by atoms with Crippen LogP contribution in [0.15, 0.2) is 83.7 Å². The van der Waals surface area contributed by atoms with Crippen molar-refractivity contribution in [1.29, 1.82) is 0 Å². The van der Waals surface area contributed by atoms with Gasteiger partial charge in [0, 0.05) is 22.2 Å². The highest BCUT2D eigenvalue weighted by molar-refractivity contribution is 7.81. The zero-order valence-corrected chi connectivity index (χ0v) is 22.0. The number of fused-ring (bicyclic) bond motifs is 1. The number of halogens is 3. The Morgan fingerprint density at radius 1 is 1.00 bits per heavy atom. The van der Waals surface area contributed by atoms with E-state index in [1.165, 1.54) is 24.3 Å². The predicted octanol–water partition coefficient (Wildman–Crippen LogP) is 6.70. The third-order valence-corrected chi connectivity index (χ3v) is 7.77. The molecule has 196 valence electrons. The number of carbonyl (C=O) groups is 1. The lowest BCUT2D eigenvalue weighted by Crippen LogP contribution is -2.26. The van der Waals surface area contributed by atoms with E-state index in [9.17, 15) is 23.1 Å². The van der Waals surface area contributed by atoms with Crippen molar-refractivity contribution in [3.05, 3.63) is 111 Å². The van der Waals surface area contributed by atoms with Gasteiger partial charge in [-0.2, -0.15) is 13.2 Å². The fourth-order valence-electron chi connectivity index (χ4n) is 4.46. The molecule has 0 spiro atoms. The number of hydrogen-bond acceptors (Lipinski definition) is 4. The first kappa shape index (κ1) is 26.4. The van der Waals surface area contributed by atoms with Crippen LogP contribution in [0.5, 0.6) is 5.75 Å². The zero-order valence-electron chi connectivity index (χ0n) is 20.3. The lowest BCUT2D eigenvalue weighted by Gasteiger charge is -2.14. The molecule has 0 bridgehead atoms. The van der Waals surface area contributed by atoms with Gasteiger partial charge in [0.15, 0.2) is 0 Å². The first-order valence-electron chi connectivity index (χ1n) is 11.7. The molecule has 1 aliphatic rings. The van der Waals surface area contributed by atoms with Crippen molar-refractivity contribution in [3.8, 4) is 16.2 Å². The van der Waals surface area contributed by atoms with Gasteiger partial charge in [-0.1, -0.05) is 48.6 Å². The standard InChI is InChI=1S/C30H20F3NO3S2/c1-16(24-15-39-27(26(24)35)19-6-4-7-20(13-19)30(31,32)33)23-14-18-5-2-3-8-22(18)25(23)28(38)34-21-11-9-17(10-12-21)29(36)37/h2-15,35H,1H3,(H,34,38)(H,36,37). The molecule has 3 N–H and O–H groups in total. The molecule has 0 amide bonds. The molecule has 0 radical (unpaired) electrons. The molecule has 1 heterocycles. The fourth-order valence-corrected chi connectivity index (χ4v) is 5.80. The molecule has 0 saturated carbocycles. The van der Waals surface area contributed by atoms with Gasteiger partial charge < -0.3 is 15.5 Å². The van der Waals surface area contributed by atoms with Crippen molar-refractivity contribution in [2.24, 2.45) is 0 Å². The van der Waals surface area contributed by atoms with Crippen LogP contribution in [0.2, 0.25) is 0 Å². The molecular formula is C30H20F3NO3S2. The summed E-state index contributed by atoms with van der Waals surface area (Å²) in [5.41, 5.74) is 2.96. The van der Waals surface area contributed by atoms with E-state index in [0.717, 1.165) is 45.1 Å². The van der Waals surface area contributed by atoms with Crippen LogP contribution >= 0.6 is 23.6 Å². The molecule has 0 unspecified atom stereocenters. The van der Waals surface area contributed by atoms with E-state index in [-0.39, 0.29) is 16.9 Å². The molecule has 1 aliphatic carbocycles. The molecule has 3 aromatic carbocycles. The molecule has 1 aromatic heterocycles. The van der Waals surface area contributed by atoms with E-state index in [1.807, 2.05) is 37.3 Å². The minimum Gasteiger partial charge on any atom is -0.506 e. The Kier molecular flexibility index (Phi) is 6.88. The maximum Gasteiger partial charge on any atom is 0.416 e. The summed E-state index contributed by atoms with van der Waals surface area (Å²) in [6, 6.07) is 18.8. The number of alkyl halides is 3. The van der Waals surface area contributed by atoms with Gasteiger partial charge in [0.25, 0.3) is 0 Å². The maximum atomic E-state index is 13.3. The number of thiophene rings is 1. The maximum absolute atomic E-state index is 13.3. The molecule has 5 rings (SSSR count). The quantitative estimate of drug-likeness (QED) is 0.236. The highest BCUT2D eigenvalue weighted by atomic mass is 32.1. The van der Waals surface area contributed by atoms with Gasteiger partial charge in [-0.3, -0.25) is 0 Å². The van der Waals surface area contributed by atoms with Crippen molar-refractivity contribution in [1.82, 2.24) is 0 Å². The third-order valence-electron chi connectivity index (χ3n) is 6.44. The number of thiocarbonyl (C=S) groups is 1. The summed E-state index contributed by atoms with van der Waals surface area (Å²) in [5.74, 6) is -1.13. The minimum atomic E-state index is -4.49. The summed E-state index contributed by atoms with van der Waals surface area (Å²) in [6.45, 7) is 1.83. The number of rotatable bonds is 5. The van der Waals surface area contributed by atoms with Crippen molar-refractivity contribution in [2.45, 2.75) is 13.1 Å². The molecule has 4 aromatic rings. The van der Waals surface area contributed by atoms with E-state index in [4.69, 9.17) is 17.3 Å². The van der Waals surface area contributed by atoms with Gasteiger partial charge in [-0.25, -0.2) is 4.79 Å². The Bertz CT molecular complexity index is 1790. The summed E-state index contributed by atoms with van der Waals surface area (Å²) in [7, 11) is 0. The molecule has 0 fully saturated rings. The monoisotopic (exact) mass is 563 g/mol. The number of carboxylic acid groups (broad SMARTS) is 1. The number of aromatic carboxylic acids is 1. The van der Waals surface area contributed by atoms with Crippen LogP contribution in [0.4, 0.5) is 18.9 Å². The highest BCUT2D eigenvalue weighted by Crippen LogP contribution is 2.44. The zero-order chi connectivity index (χ0) is 27.9. The smallest absolute Gasteiger partial charge is 0.416 e. The normalized spacial score (nSPS) is 14.0. The van der Waals surface area contributed by atoms with Gasteiger partial charge in [-0.05, 0) is 76.5 Å². The van der Waals surface area contributed by atoms with Gasteiger partial charge in [-0.15, -0.1) is 11.3 Å². The second-order valence-electron chi connectivity index (χ2n) is 8.89. The second kappa shape index (κ2) is 10.2. The Morgan fingerprint density at radius 2 is 1.72 bits per heavy atom. The SMILES string of the molecule is CC(=C1C=c2ccccc2=C1C(=S)Nc1ccc(C(=O)O)cc1)c1csc(-c2cccc(C(F)(F)F)c2)c1O.